The summed E-state index contributed by atoms with van der Waals surface area (Å²) >= 11 is 0. The molecular weight excluding hydrogens is 268 g/mol. The van der Waals surface area contributed by atoms with Crippen LogP contribution in [-0.2, 0) is 16.1 Å². The SMILES string of the molecule is CCN(Cc1ccco1)C(=O)N(CC(=O)O)CC(=O)O. The van der Waals surface area contributed by atoms with E-state index in [0.29, 0.717) is 12.3 Å². The Hall–Kier alpha value is -2.51. The second kappa shape index (κ2) is 7.17. The lowest BCUT2D eigenvalue weighted by molar-refractivity contribution is -0.140. The van der Waals surface area contributed by atoms with E-state index >= 15 is 0 Å². The van der Waals surface area contributed by atoms with Crippen molar-refractivity contribution in [3.8, 4) is 0 Å². The maximum absolute atomic E-state index is 12.2. The lowest BCUT2D eigenvalue weighted by Gasteiger charge is -2.27. The van der Waals surface area contributed by atoms with Crippen molar-refractivity contribution < 1.29 is 29.0 Å². The molecule has 0 aliphatic heterocycles. The van der Waals surface area contributed by atoms with Crippen LogP contribution >= 0.6 is 0 Å². The molecule has 0 aliphatic rings. The van der Waals surface area contributed by atoms with Gasteiger partial charge >= 0.3 is 18.0 Å². The van der Waals surface area contributed by atoms with Gasteiger partial charge in [-0.15, -0.1) is 0 Å². The first-order chi connectivity index (χ1) is 9.43. The third-order valence-electron chi connectivity index (χ3n) is 2.50. The molecule has 0 saturated heterocycles. The molecule has 0 spiro atoms. The minimum Gasteiger partial charge on any atom is -0.480 e. The van der Waals surface area contributed by atoms with E-state index in [9.17, 15) is 14.4 Å². The molecule has 2 amide bonds. The Kier molecular flexibility index (Phi) is 5.57. The smallest absolute Gasteiger partial charge is 0.323 e. The zero-order chi connectivity index (χ0) is 15.1. The summed E-state index contributed by atoms with van der Waals surface area (Å²) in [5, 5.41) is 17.5. The summed E-state index contributed by atoms with van der Waals surface area (Å²) in [4.78, 5) is 35.6. The van der Waals surface area contributed by atoms with E-state index in [0.717, 1.165) is 4.90 Å². The highest BCUT2D eigenvalue weighted by atomic mass is 16.4. The van der Waals surface area contributed by atoms with E-state index in [1.165, 1.54) is 11.2 Å². The van der Waals surface area contributed by atoms with Crippen LogP contribution in [0.4, 0.5) is 4.79 Å². The molecule has 0 aliphatic carbocycles. The topological polar surface area (TPSA) is 111 Å². The number of aliphatic carboxylic acids is 2. The molecule has 20 heavy (non-hydrogen) atoms. The summed E-state index contributed by atoms with van der Waals surface area (Å²) < 4.78 is 5.11. The molecule has 0 saturated carbocycles. The fourth-order valence-corrected chi connectivity index (χ4v) is 1.62. The van der Waals surface area contributed by atoms with E-state index in [4.69, 9.17) is 14.6 Å². The highest BCUT2D eigenvalue weighted by Gasteiger charge is 2.24. The number of amides is 2. The zero-order valence-corrected chi connectivity index (χ0v) is 11.0. The molecule has 0 bridgehead atoms. The first kappa shape index (κ1) is 15.5. The fraction of sp³-hybridized carbons (Fsp3) is 0.417. The first-order valence-corrected chi connectivity index (χ1v) is 5.93. The monoisotopic (exact) mass is 284 g/mol. The third kappa shape index (κ3) is 4.63. The molecule has 0 aromatic carbocycles. The lowest BCUT2D eigenvalue weighted by atomic mass is 10.4. The molecule has 8 nitrogen and oxygen atoms in total. The van der Waals surface area contributed by atoms with Gasteiger partial charge in [-0.1, -0.05) is 0 Å². The molecule has 110 valence electrons. The fourth-order valence-electron chi connectivity index (χ4n) is 1.62. The van der Waals surface area contributed by atoms with Crippen LogP contribution in [0.1, 0.15) is 12.7 Å². The number of urea groups is 1. The Bertz CT molecular complexity index is 454. The molecule has 2 N–H and O–H groups in total. The number of rotatable bonds is 7. The minimum absolute atomic E-state index is 0.151. The molecule has 0 fully saturated rings. The highest BCUT2D eigenvalue weighted by molar-refractivity contribution is 5.84. The van der Waals surface area contributed by atoms with Gasteiger partial charge in [0, 0.05) is 6.54 Å². The molecular formula is C12H16N2O6. The van der Waals surface area contributed by atoms with Crippen LogP contribution in [0, 0.1) is 0 Å². The van der Waals surface area contributed by atoms with Crippen molar-refractivity contribution in [1.82, 2.24) is 9.80 Å². The van der Waals surface area contributed by atoms with E-state index in [-0.39, 0.29) is 6.54 Å². The number of hydrogen-bond donors (Lipinski definition) is 2. The minimum atomic E-state index is -1.27. The number of hydrogen-bond acceptors (Lipinski definition) is 4. The second-order valence-corrected chi connectivity index (χ2v) is 4.02. The summed E-state index contributed by atoms with van der Waals surface area (Å²) in [7, 11) is 0. The maximum atomic E-state index is 12.2. The van der Waals surface area contributed by atoms with Crippen molar-refractivity contribution >= 4 is 18.0 Å². The van der Waals surface area contributed by atoms with E-state index < -0.39 is 31.1 Å². The number of carbonyl (C=O) groups excluding carboxylic acids is 1. The molecule has 0 atom stereocenters. The van der Waals surface area contributed by atoms with E-state index in [1.54, 1.807) is 19.1 Å². The van der Waals surface area contributed by atoms with Crippen LogP contribution < -0.4 is 0 Å². The number of furan rings is 1. The van der Waals surface area contributed by atoms with Gasteiger partial charge < -0.3 is 24.4 Å². The Morgan fingerprint density at radius 3 is 2.15 bits per heavy atom. The van der Waals surface area contributed by atoms with Gasteiger partial charge in [-0.3, -0.25) is 9.59 Å². The van der Waals surface area contributed by atoms with Crippen molar-refractivity contribution in [1.29, 1.82) is 0 Å². The van der Waals surface area contributed by atoms with Gasteiger partial charge in [0.15, 0.2) is 0 Å². The van der Waals surface area contributed by atoms with E-state index in [2.05, 4.69) is 0 Å². The Balaban J connectivity index is 2.78. The molecule has 1 heterocycles. The lowest BCUT2D eigenvalue weighted by Crippen LogP contribution is -2.47. The van der Waals surface area contributed by atoms with Gasteiger partial charge in [0.05, 0.1) is 12.8 Å². The average molecular weight is 284 g/mol. The van der Waals surface area contributed by atoms with Gasteiger partial charge in [0.2, 0.25) is 0 Å². The molecule has 0 unspecified atom stereocenters. The van der Waals surface area contributed by atoms with Crippen LogP contribution in [0.2, 0.25) is 0 Å². The summed E-state index contributed by atoms with van der Waals surface area (Å²) in [5.41, 5.74) is 0. The van der Waals surface area contributed by atoms with Gasteiger partial charge in [0.25, 0.3) is 0 Å². The Morgan fingerprint density at radius 1 is 1.15 bits per heavy atom. The molecule has 1 aromatic heterocycles. The number of carboxylic acid groups (broad SMARTS) is 2. The first-order valence-electron chi connectivity index (χ1n) is 5.93. The number of carbonyl (C=O) groups is 3. The van der Waals surface area contributed by atoms with Crippen molar-refractivity contribution in [3.05, 3.63) is 24.2 Å². The quantitative estimate of drug-likeness (QED) is 0.762. The zero-order valence-electron chi connectivity index (χ0n) is 11.0. The standard InChI is InChI=1S/C12H16N2O6/c1-2-13(6-9-4-3-5-20-9)12(19)14(7-10(15)16)8-11(17)18/h3-5H,2,6-8H2,1H3,(H,15,16)(H,17,18). The number of carboxylic acids is 2. The molecule has 1 rings (SSSR count). The van der Waals surface area contributed by atoms with Crippen molar-refractivity contribution in [2.75, 3.05) is 19.6 Å². The highest BCUT2D eigenvalue weighted by Crippen LogP contribution is 2.08. The summed E-state index contributed by atoms with van der Waals surface area (Å²) in [6, 6.07) is 2.68. The van der Waals surface area contributed by atoms with Crippen LogP contribution in [0.5, 0.6) is 0 Å². The van der Waals surface area contributed by atoms with Crippen LogP contribution in [0.3, 0.4) is 0 Å². The summed E-state index contributed by atoms with van der Waals surface area (Å²) in [5.74, 6) is -2.01. The number of nitrogens with zero attached hydrogens (tertiary/aromatic N) is 2. The van der Waals surface area contributed by atoms with Gasteiger partial charge in [-0.2, -0.15) is 0 Å². The second-order valence-electron chi connectivity index (χ2n) is 4.02. The molecule has 0 radical (unpaired) electrons. The van der Waals surface area contributed by atoms with Crippen LogP contribution in [0.25, 0.3) is 0 Å². The average Bonchev–Trinajstić information content (AvgIpc) is 2.86. The van der Waals surface area contributed by atoms with Crippen molar-refractivity contribution in [3.63, 3.8) is 0 Å². The predicted octanol–water partition coefficient (Wildman–Crippen LogP) is 0.693. The molecule has 8 heteroatoms. The van der Waals surface area contributed by atoms with Crippen LogP contribution in [-0.4, -0.2) is 57.6 Å². The largest absolute Gasteiger partial charge is 0.480 e. The summed E-state index contributed by atoms with van der Waals surface area (Å²) in [6.07, 6.45) is 1.46. The van der Waals surface area contributed by atoms with Crippen LogP contribution in [0.15, 0.2) is 22.8 Å². The van der Waals surface area contributed by atoms with Crippen molar-refractivity contribution in [2.45, 2.75) is 13.5 Å². The molecule has 1 aromatic rings. The Labute approximate surface area is 115 Å². The normalized spacial score (nSPS) is 10.1. The van der Waals surface area contributed by atoms with Gasteiger partial charge in [0.1, 0.15) is 18.8 Å². The van der Waals surface area contributed by atoms with Gasteiger partial charge in [-0.25, -0.2) is 4.79 Å². The maximum Gasteiger partial charge on any atom is 0.323 e. The Morgan fingerprint density at radius 2 is 1.75 bits per heavy atom. The summed E-state index contributed by atoms with van der Waals surface area (Å²) in [6.45, 7) is 0.827. The van der Waals surface area contributed by atoms with E-state index in [1.807, 2.05) is 0 Å². The van der Waals surface area contributed by atoms with Gasteiger partial charge in [-0.05, 0) is 19.1 Å². The van der Waals surface area contributed by atoms with Crippen molar-refractivity contribution in [2.24, 2.45) is 0 Å². The predicted molar refractivity (Wildman–Crippen MR) is 67.0 cm³/mol. The third-order valence-corrected chi connectivity index (χ3v) is 2.50.